The topological polar surface area (TPSA) is 85.1 Å². The summed E-state index contributed by atoms with van der Waals surface area (Å²) < 4.78 is 13.0. The Kier molecular flexibility index (Phi) is 9.06. The predicted octanol–water partition coefficient (Wildman–Crippen LogP) is 1.46. The molecule has 8 nitrogen and oxygen atoms in total. The van der Waals surface area contributed by atoms with Gasteiger partial charge in [0.2, 0.25) is 0 Å². The van der Waals surface area contributed by atoms with E-state index < -0.39 is 0 Å². The molecule has 0 bridgehead atoms. The Labute approximate surface area is 170 Å². The van der Waals surface area contributed by atoms with E-state index in [-0.39, 0.29) is 24.0 Å². The van der Waals surface area contributed by atoms with Crippen LogP contribution in [0, 0.1) is 5.92 Å². The van der Waals surface area contributed by atoms with Gasteiger partial charge in [-0.1, -0.05) is 6.07 Å². The van der Waals surface area contributed by atoms with Gasteiger partial charge in [-0.15, -0.1) is 34.2 Å². The molecule has 0 amide bonds. The number of ether oxygens (including phenoxy) is 2. The maximum absolute atomic E-state index is 5.70. The van der Waals surface area contributed by atoms with Crippen LogP contribution in [0.3, 0.4) is 0 Å². The van der Waals surface area contributed by atoms with Crippen molar-refractivity contribution in [3.8, 4) is 0 Å². The molecule has 3 heterocycles. The average Bonchev–Trinajstić information content (AvgIpc) is 3.30. The van der Waals surface area contributed by atoms with Gasteiger partial charge in [-0.25, -0.2) is 0 Å². The van der Waals surface area contributed by atoms with Crippen LogP contribution < -0.4 is 10.6 Å². The summed E-state index contributed by atoms with van der Waals surface area (Å²) in [5.74, 6) is 2.16. The number of rotatable bonds is 8. The van der Waals surface area contributed by atoms with E-state index in [1.165, 1.54) is 0 Å². The van der Waals surface area contributed by atoms with Crippen molar-refractivity contribution in [2.75, 3.05) is 40.0 Å². The first-order valence-corrected chi connectivity index (χ1v) is 8.75. The van der Waals surface area contributed by atoms with Crippen molar-refractivity contribution in [2.24, 2.45) is 10.9 Å². The van der Waals surface area contributed by atoms with Crippen LogP contribution in [0.15, 0.2) is 29.4 Å². The van der Waals surface area contributed by atoms with Crippen LogP contribution in [0.2, 0.25) is 0 Å². The highest BCUT2D eigenvalue weighted by molar-refractivity contribution is 14.0. The van der Waals surface area contributed by atoms with E-state index in [9.17, 15) is 0 Å². The van der Waals surface area contributed by atoms with Crippen molar-refractivity contribution >= 4 is 35.6 Å². The molecule has 1 atom stereocenters. The molecular formula is C17H27IN6O2. The Balaban J connectivity index is 0.00000243. The van der Waals surface area contributed by atoms with E-state index >= 15 is 0 Å². The number of aromatic nitrogens is 3. The van der Waals surface area contributed by atoms with Crippen molar-refractivity contribution in [1.29, 1.82) is 0 Å². The number of halogens is 1. The van der Waals surface area contributed by atoms with Gasteiger partial charge in [0.15, 0.2) is 17.4 Å². The molecule has 9 heteroatoms. The highest BCUT2D eigenvalue weighted by Gasteiger charge is 2.15. The molecule has 1 saturated heterocycles. The fourth-order valence-corrected chi connectivity index (χ4v) is 2.74. The van der Waals surface area contributed by atoms with E-state index in [2.05, 4.69) is 25.8 Å². The third-order valence-corrected chi connectivity index (χ3v) is 4.16. The van der Waals surface area contributed by atoms with Gasteiger partial charge < -0.3 is 20.1 Å². The van der Waals surface area contributed by atoms with Gasteiger partial charge in [0.25, 0.3) is 0 Å². The Hall–Kier alpha value is -1.46. The summed E-state index contributed by atoms with van der Waals surface area (Å²) in [6.45, 7) is 4.62. The summed E-state index contributed by atoms with van der Waals surface area (Å²) >= 11 is 0. The van der Waals surface area contributed by atoms with Gasteiger partial charge in [0.05, 0.1) is 19.8 Å². The number of fused-ring (bicyclic) bond motifs is 1. The van der Waals surface area contributed by atoms with Gasteiger partial charge in [-0.3, -0.25) is 9.39 Å². The first kappa shape index (κ1) is 20.8. The van der Waals surface area contributed by atoms with Gasteiger partial charge in [-0.2, -0.15) is 0 Å². The Morgan fingerprint density at radius 1 is 1.38 bits per heavy atom. The number of guanidine groups is 1. The second kappa shape index (κ2) is 11.3. The Morgan fingerprint density at radius 2 is 2.31 bits per heavy atom. The number of aliphatic imine (C=N–C) groups is 1. The van der Waals surface area contributed by atoms with Gasteiger partial charge in [0, 0.05) is 38.9 Å². The second-order valence-electron chi connectivity index (χ2n) is 6.06. The lowest BCUT2D eigenvalue weighted by Gasteiger charge is -2.12. The molecule has 1 fully saturated rings. The van der Waals surface area contributed by atoms with Crippen LogP contribution in [-0.2, 0) is 16.0 Å². The zero-order valence-electron chi connectivity index (χ0n) is 15.1. The van der Waals surface area contributed by atoms with Crippen LogP contribution in [0.1, 0.15) is 18.7 Å². The monoisotopic (exact) mass is 474 g/mol. The minimum Gasteiger partial charge on any atom is -0.381 e. The molecule has 0 saturated carbocycles. The lowest BCUT2D eigenvalue weighted by atomic mass is 10.1. The van der Waals surface area contributed by atoms with Crippen molar-refractivity contribution in [1.82, 2.24) is 25.2 Å². The summed E-state index contributed by atoms with van der Waals surface area (Å²) in [6, 6.07) is 5.84. The third kappa shape index (κ3) is 6.06. The molecule has 0 aliphatic carbocycles. The quantitative estimate of drug-likeness (QED) is 0.261. The first-order valence-electron chi connectivity index (χ1n) is 8.75. The zero-order chi connectivity index (χ0) is 17.3. The van der Waals surface area contributed by atoms with Crippen molar-refractivity contribution in [3.05, 3.63) is 30.2 Å². The van der Waals surface area contributed by atoms with Crippen LogP contribution in [0.4, 0.5) is 0 Å². The van der Waals surface area contributed by atoms with E-state index in [0.29, 0.717) is 12.5 Å². The summed E-state index contributed by atoms with van der Waals surface area (Å²) in [5.41, 5.74) is 0.840. The average molecular weight is 474 g/mol. The van der Waals surface area contributed by atoms with E-state index in [0.717, 1.165) is 63.2 Å². The molecule has 144 valence electrons. The smallest absolute Gasteiger partial charge is 0.191 e. The van der Waals surface area contributed by atoms with Crippen LogP contribution in [0.25, 0.3) is 5.65 Å². The van der Waals surface area contributed by atoms with E-state index in [4.69, 9.17) is 9.47 Å². The lowest BCUT2D eigenvalue weighted by Crippen LogP contribution is -2.38. The molecule has 1 aliphatic heterocycles. The largest absolute Gasteiger partial charge is 0.381 e. The van der Waals surface area contributed by atoms with Gasteiger partial charge in [0.1, 0.15) is 0 Å². The molecule has 1 unspecified atom stereocenters. The molecule has 0 spiro atoms. The fraction of sp³-hybridized carbons (Fsp3) is 0.588. The van der Waals surface area contributed by atoms with Crippen molar-refractivity contribution < 1.29 is 9.47 Å². The Bertz CT molecular complexity index is 687. The van der Waals surface area contributed by atoms with Crippen LogP contribution in [-0.4, -0.2) is 60.6 Å². The molecule has 3 rings (SSSR count). The number of pyridine rings is 1. The van der Waals surface area contributed by atoms with Crippen LogP contribution in [0.5, 0.6) is 0 Å². The van der Waals surface area contributed by atoms with Crippen molar-refractivity contribution in [3.63, 3.8) is 0 Å². The van der Waals surface area contributed by atoms with Crippen LogP contribution >= 0.6 is 24.0 Å². The Morgan fingerprint density at radius 3 is 3.12 bits per heavy atom. The highest BCUT2D eigenvalue weighted by Crippen LogP contribution is 2.12. The first-order chi connectivity index (χ1) is 12.4. The van der Waals surface area contributed by atoms with E-state index in [1.807, 2.05) is 28.8 Å². The standard InChI is InChI=1S/C17H26N6O2.HI/c1-18-17(19-7-4-9-24-12-14-6-10-25-13-14)20-11-16-22-21-15-5-2-3-8-23(15)16;/h2-3,5,8,14H,4,6-7,9-13H2,1H3,(H2,18,19,20);1H. The lowest BCUT2D eigenvalue weighted by molar-refractivity contribution is 0.0888. The maximum Gasteiger partial charge on any atom is 0.191 e. The number of hydrogen-bond acceptors (Lipinski definition) is 5. The maximum atomic E-state index is 5.70. The van der Waals surface area contributed by atoms with Gasteiger partial charge in [-0.05, 0) is 25.0 Å². The molecule has 0 aromatic carbocycles. The molecule has 26 heavy (non-hydrogen) atoms. The second-order valence-corrected chi connectivity index (χ2v) is 6.06. The predicted molar refractivity (Wildman–Crippen MR) is 111 cm³/mol. The van der Waals surface area contributed by atoms with E-state index in [1.54, 1.807) is 7.05 Å². The minimum absolute atomic E-state index is 0. The molecule has 1 aliphatic rings. The summed E-state index contributed by atoms with van der Waals surface area (Å²) in [5, 5.41) is 14.9. The SMILES string of the molecule is CN=C(NCCCOCC1CCOC1)NCc1nnc2ccccn12.I. The highest BCUT2D eigenvalue weighted by atomic mass is 127. The number of nitrogens with zero attached hydrogens (tertiary/aromatic N) is 4. The molecule has 0 radical (unpaired) electrons. The summed E-state index contributed by atoms with van der Waals surface area (Å²) in [4.78, 5) is 4.23. The molecule has 2 aromatic rings. The molecule has 2 N–H and O–H groups in total. The number of nitrogens with one attached hydrogen (secondary N) is 2. The number of hydrogen-bond donors (Lipinski definition) is 2. The molecule has 2 aromatic heterocycles. The summed E-state index contributed by atoms with van der Waals surface area (Å²) in [6.07, 6.45) is 4.00. The zero-order valence-corrected chi connectivity index (χ0v) is 17.4. The summed E-state index contributed by atoms with van der Waals surface area (Å²) in [7, 11) is 1.76. The minimum atomic E-state index is 0. The third-order valence-electron chi connectivity index (χ3n) is 4.16. The van der Waals surface area contributed by atoms with Gasteiger partial charge >= 0.3 is 0 Å². The normalized spacial score (nSPS) is 17.3. The molecular weight excluding hydrogens is 447 g/mol. The van der Waals surface area contributed by atoms with Crippen molar-refractivity contribution in [2.45, 2.75) is 19.4 Å². The fourth-order valence-electron chi connectivity index (χ4n) is 2.74.